The number of epoxide rings is 1. The average molecular weight is 263 g/mol. The van der Waals surface area contributed by atoms with E-state index in [1.807, 2.05) is 0 Å². The fourth-order valence-electron chi connectivity index (χ4n) is 3.75. The molecule has 1 aliphatic carbocycles. The van der Waals surface area contributed by atoms with Crippen LogP contribution in [0.4, 0.5) is 0 Å². The molecule has 2 amide bonds. The zero-order valence-corrected chi connectivity index (χ0v) is 11.4. The van der Waals surface area contributed by atoms with E-state index in [0.29, 0.717) is 6.54 Å². The number of amides is 2. The monoisotopic (exact) mass is 263 g/mol. The van der Waals surface area contributed by atoms with E-state index in [-0.39, 0.29) is 35.4 Å². The van der Waals surface area contributed by atoms with Crippen molar-refractivity contribution in [3.63, 3.8) is 0 Å². The van der Waals surface area contributed by atoms with Crippen molar-refractivity contribution in [2.24, 2.45) is 11.8 Å². The number of hydrogen-bond acceptors (Lipinski definition) is 3. The van der Waals surface area contributed by atoms with Crippen molar-refractivity contribution in [3.05, 3.63) is 12.7 Å². The SMILES string of the molecule is C=CCN1C(=O)C2CC3OC3(CCCC)CC2C1=O. The van der Waals surface area contributed by atoms with Gasteiger partial charge in [0, 0.05) is 6.54 Å². The molecule has 2 saturated heterocycles. The number of ether oxygens (including phenoxy) is 1. The molecule has 0 N–H and O–H groups in total. The second kappa shape index (κ2) is 4.44. The van der Waals surface area contributed by atoms with Crippen LogP contribution in [-0.2, 0) is 14.3 Å². The Bertz CT molecular complexity index is 433. The van der Waals surface area contributed by atoms with Crippen LogP contribution in [0.3, 0.4) is 0 Å². The van der Waals surface area contributed by atoms with E-state index in [9.17, 15) is 9.59 Å². The van der Waals surface area contributed by atoms with Crippen molar-refractivity contribution >= 4 is 11.8 Å². The number of carbonyl (C=O) groups excluding carboxylic acids is 2. The van der Waals surface area contributed by atoms with Gasteiger partial charge in [-0.15, -0.1) is 6.58 Å². The fourth-order valence-corrected chi connectivity index (χ4v) is 3.75. The van der Waals surface area contributed by atoms with Crippen LogP contribution in [0.5, 0.6) is 0 Å². The van der Waals surface area contributed by atoms with E-state index in [1.165, 1.54) is 4.90 Å². The van der Waals surface area contributed by atoms with Crippen LogP contribution in [0.15, 0.2) is 12.7 Å². The maximum atomic E-state index is 12.3. The van der Waals surface area contributed by atoms with Crippen LogP contribution in [0.1, 0.15) is 39.0 Å². The summed E-state index contributed by atoms with van der Waals surface area (Å²) in [6.45, 7) is 6.13. The molecule has 0 aromatic carbocycles. The van der Waals surface area contributed by atoms with Gasteiger partial charge in [-0.2, -0.15) is 0 Å². The molecule has 4 nitrogen and oxygen atoms in total. The van der Waals surface area contributed by atoms with Gasteiger partial charge in [0.15, 0.2) is 0 Å². The third kappa shape index (κ3) is 1.84. The molecular formula is C15H21NO3. The van der Waals surface area contributed by atoms with Gasteiger partial charge in [-0.3, -0.25) is 14.5 Å². The number of hydrogen-bond donors (Lipinski definition) is 0. The molecule has 2 aliphatic heterocycles. The van der Waals surface area contributed by atoms with Crippen molar-refractivity contribution in [2.45, 2.75) is 50.7 Å². The number of unbranched alkanes of at least 4 members (excludes halogenated alkanes) is 1. The zero-order valence-electron chi connectivity index (χ0n) is 11.4. The molecule has 0 radical (unpaired) electrons. The lowest BCUT2D eigenvalue weighted by Crippen LogP contribution is -2.33. The number of rotatable bonds is 5. The third-order valence-electron chi connectivity index (χ3n) is 4.86. The molecule has 3 rings (SSSR count). The van der Waals surface area contributed by atoms with Crippen LogP contribution in [0.25, 0.3) is 0 Å². The Hall–Kier alpha value is -1.16. The molecule has 0 aromatic rings. The summed E-state index contributed by atoms with van der Waals surface area (Å²) >= 11 is 0. The molecule has 2 heterocycles. The van der Waals surface area contributed by atoms with E-state index in [4.69, 9.17) is 4.74 Å². The van der Waals surface area contributed by atoms with E-state index in [1.54, 1.807) is 6.08 Å². The second-order valence-electron chi connectivity index (χ2n) is 6.00. The lowest BCUT2D eigenvalue weighted by atomic mass is 9.74. The standard InChI is InChI=1S/C15H21NO3/c1-3-5-6-15-9-11-10(8-12(15)19-15)13(17)16(7-4-2)14(11)18/h4,10-12H,2-3,5-9H2,1H3. The second-order valence-corrected chi connectivity index (χ2v) is 6.00. The highest BCUT2D eigenvalue weighted by atomic mass is 16.6. The highest BCUT2D eigenvalue weighted by Crippen LogP contribution is 2.56. The zero-order chi connectivity index (χ0) is 13.6. The van der Waals surface area contributed by atoms with Crippen molar-refractivity contribution in [3.8, 4) is 0 Å². The summed E-state index contributed by atoms with van der Waals surface area (Å²) < 4.78 is 5.85. The van der Waals surface area contributed by atoms with Crippen LogP contribution >= 0.6 is 0 Å². The average Bonchev–Trinajstić information content (AvgIpc) is 3.08. The Morgan fingerprint density at radius 1 is 1.42 bits per heavy atom. The summed E-state index contributed by atoms with van der Waals surface area (Å²) in [7, 11) is 0. The summed E-state index contributed by atoms with van der Waals surface area (Å²) in [5.74, 6) is -0.327. The van der Waals surface area contributed by atoms with Gasteiger partial charge in [0.2, 0.25) is 11.8 Å². The number of carbonyl (C=O) groups is 2. The minimum Gasteiger partial charge on any atom is -0.366 e. The highest BCUT2D eigenvalue weighted by Gasteiger charge is 2.66. The van der Waals surface area contributed by atoms with Gasteiger partial charge in [0.1, 0.15) is 0 Å². The lowest BCUT2D eigenvalue weighted by molar-refractivity contribution is -0.139. The molecule has 19 heavy (non-hydrogen) atoms. The Kier molecular flexibility index (Phi) is 3.01. The normalized spacial score (nSPS) is 40.1. The first kappa shape index (κ1) is 12.9. The molecule has 0 spiro atoms. The number of imide groups is 1. The van der Waals surface area contributed by atoms with Crippen molar-refractivity contribution < 1.29 is 14.3 Å². The quantitative estimate of drug-likeness (QED) is 0.432. The van der Waals surface area contributed by atoms with Gasteiger partial charge < -0.3 is 4.74 Å². The van der Waals surface area contributed by atoms with Crippen LogP contribution in [0.2, 0.25) is 0 Å². The topological polar surface area (TPSA) is 49.9 Å². The van der Waals surface area contributed by atoms with Gasteiger partial charge in [-0.1, -0.05) is 25.8 Å². The van der Waals surface area contributed by atoms with Gasteiger partial charge >= 0.3 is 0 Å². The molecule has 0 aromatic heterocycles. The molecular weight excluding hydrogens is 242 g/mol. The maximum absolute atomic E-state index is 12.3. The van der Waals surface area contributed by atoms with Gasteiger partial charge in [-0.05, 0) is 19.3 Å². The first-order valence-electron chi connectivity index (χ1n) is 7.27. The molecule has 1 saturated carbocycles. The Labute approximate surface area is 113 Å². The smallest absolute Gasteiger partial charge is 0.233 e. The molecule has 104 valence electrons. The van der Waals surface area contributed by atoms with E-state index in [0.717, 1.165) is 32.1 Å². The minimum absolute atomic E-state index is 0.0141. The first-order valence-corrected chi connectivity index (χ1v) is 7.27. The number of nitrogens with zero attached hydrogens (tertiary/aromatic N) is 1. The molecule has 3 fully saturated rings. The molecule has 4 atom stereocenters. The third-order valence-corrected chi connectivity index (χ3v) is 4.86. The summed E-state index contributed by atoms with van der Waals surface area (Å²) in [5, 5.41) is 0. The summed E-state index contributed by atoms with van der Waals surface area (Å²) in [6, 6.07) is 0. The maximum Gasteiger partial charge on any atom is 0.233 e. The Morgan fingerprint density at radius 3 is 2.84 bits per heavy atom. The highest BCUT2D eigenvalue weighted by molar-refractivity contribution is 6.05. The summed E-state index contributed by atoms with van der Waals surface area (Å²) in [6.07, 6.45) is 6.60. The lowest BCUT2D eigenvalue weighted by Gasteiger charge is -2.24. The predicted molar refractivity (Wildman–Crippen MR) is 70.3 cm³/mol. The predicted octanol–water partition coefficient (Wildman–Crippen LogP) is 1.90. The molecule has 4 heteroatoms. The van der Waals surface area contributed by atoms with Crippen LogP contribution < -0.4 is 0 Å². The number of likely N-dealkylation sites (tertiary alicyclic amines) is 1. The van der Waals surface area contributed by atoms with Crippen LogP contribution in [0, 0.1) is 11.8 Å². The molecule has 3 aliphatic rings. The minimum atomic E-state index is -0.150. The van der Waals surface area contributed by atoms with E-state index in [2.05, 4.69) is 13.5 Å². The van der Waals surface area contributed by atoms with E-state index >= 15 is 0 Å². The van der Waals surface area contributed by atoms with Crippen molar-refractivity contribution in [2.75, 3.05) is 6.54 Å². The summed E-state index contributed by atoms with van der Waals surface area (Å²) in [5.41, 5.74) is -0.0860. The largest absolute Gasteiger partial charge is 0.366 e. The van der Waals surface area contributed by atoms with Crippen molar-refractivity contribution in [1.29, 1.82) is 0 Å². The molecule has 4 unspecified atom stereocenters. The Morgan fingerprint density at radius 2 is 2.16 bits per heavy atom. The van der Waals surface area contributed by atoms with Crippen LogP contribution in [-0.4, -0.2) is 35.0 Å². The van der Waals surface area contributed by atoms with Gasteiger partial charge in [0.25, 0.3) is 0 Å². The summed E-state index contributed by atoms with van der Waals surface area (Å²) in [4.78, 5) is 25.9. The Balaban J connectivity index is 1.75. The molecule has 0 bridgehead atoms. The van der Waals surface area contributed by atoms with Gasteiger partial charge in [0.05, 0.1) is 23.5 Å². The van der Waals surface area contributed by atoms with Gasteiger partial charge in [-0.25, -0.2) is 0 Å². The van der Waals surface area contributed by atoms with Crippen molar-refractivity contribution in [1.82, 2.24) is 4.90 Å². The first-order chi connectivity index (χ1) is 9.13. The number of fused-ring (bicyclic) bond motifs is 2. The fraction of sp³-hybridized carbons (Fsp3) is 0.733. The van der Waals surface area contributed by atoms with E-state index < -0.39 is 0 Å².